The summed E-state index contributed by atoms with van der Waals surface area (Å²) < 4.78 is 27.3. The third kappa shape index (κ3) is 5.62. The van der Waals surface area contributed by atoms with Crippen molar-refractivity contribution in [2.24, 2.45) is 0 Å². The van der Waals surface area contributed by atoms with Crippen molar-refractivity contribution in [3.8, 4) is 0 Å². The number of likely N-dealkylation sites (tertiary alicyclic amines) is 1. The van der Waals surface area contributed by atoms with Crippen LogP contribution in [0.1, 0.15) is 46.0 Å². The molecule has 40 heavy (non-hydrogen) atoms. The zero-order chi connectivity index (χ0) is 28.7. The van der Waals surface area contributed by atoms with Crippen LogP contribution in [0.15, 0.2) is 58.2 Å². The molecule has 0 spiro atoms. The normalized spacial score (nSPS) is 23.9. The highest BCUT2D eigenvalue weighted by atomic mass is 35.5. The molecular formula is C29H36ClN5O4S. The second kappa shape index (κ2) is 11.1. The zero-order valence-electron chi connectivity index (χ0n) is 23.1. The topological polar surface area (TPSA) is 115 Å². The minimum Gasteiger partial charge on any atom is -0.358 e. The van der Waals surface area contributed by atoms with Gasteiger partial charge in [0.05, 0.1) is 21.7 Å². The fraction of sp³-hybridized carbons (Fsp3) is 0.483. The van der Waals surface area contributed by atoms with Crippen LogP contribution < -0.4 is 11.0 Å². The van der Waals surface area contributed by atoms with Gasteiger partial charge in [0.15, 0.2) is 9.84 Å². The molecule has 9 nitrogen and oxygen atoms in total. The molecule has 1 amide bonds. The molecule has 1 saturated heterocycles. The second-order valence-electron chi connectivity index (χ2n) is 11.3. The van der Waals surface area contributed by atoms with E-state index in [0.29, 0.717) is 53.8 Å². The van der Waals surface area contributed by atoms with E-state index in [1.54, 1.807) is 53.4 Å². The Labute approximate surface area is 239 Å². The molecule has 214 valence electrons. The van der Waals surface area contributed by atoms with Gasteiger partial charge in [0.2, 0.25) is 5.91 Å². The van der Waals surface area contributed by atoms with Crippen LogP contribution >= 0.6 is 11.6 Å². The average molecular weight is 586 g/mol. The number of carbonyl (C=O) groups excluding carboxylic acids is 1. The number of fused-ring (bicyclic) bond motifs is 1. The number of amides is 1. The van der Waals surface area contributed by atoms with Crippen molar-refractivity contribution < 1.29 is 13.2 Å². The quantitative estimate of drug-likeness (QED) is 0.409. The Morgan fingerprint density at radius 2 is 1.82 bits per heavy atom. The van der Waals surface area contributed by atoms with Gasteiger partial charge >= 0.3 is 5.69 Å². The second-order valence-corrected chi connectivity index (χ2v) is 13.8. The first-order valence-corrected chi connectivity index (χ1v) is 15.8. The van der Waals surface area contributed by atoms with Gasteiger partial charge in [-0.15, -0.1) is 0 Å². The van der Waals surface area contributed by atoms with Crippen LogP contribution in [0.2, 0.25) is 5.02 Å². The number of hydrogen-bond acceptors (Lipinski definition) is 7. The number of H-pyrrole nitrogens is 1. The van der Waals surface area contributed by atoms with Crippen LogP contribution in [-0.2, 0) is 14.6 Å². The molecule has 2 N–H and O–H groups in total. The van der Waals surface area contributed by atoms with E-state index in [9.17, 15) is 18.0 Å². The summed E-state index contributed by atoms with van der Waals surface area (Å²) in [5.74, 6) is -0.00610. The first-order valence-electron chi connectivity index (χ1n) is 13.8. The molecule has 2 aliphatic rings. The molecule has 5 rings (SSSR count). The monoisotopic (exact) mass is 585 g/mol. The van der Waals surface area contributed by atoms with Crippen molar-refractivity contribution in [1.82, 2.24) is 19.8 Å². The molecule has 2 heterocycles. The number of benzene rings is 2. The van der Waals surface area contributed by atoms with Crippen molar-refractivity contribution in [2.45, 2.75) is 74.5 Å². The Bertz CT molecular complexity index is 1550. The minimum atomic E-state index is -3.65. The molecule has 1 saturated carbocycles. The van der Waals surface area contributed by atoms with Crippen LogP contribution in [-0.4, -0.2) is 77.1 Å². The molecule has 0 radical (unpaired) electrons. The van der Waals surface area contributed by atoms with Crippen molar-refractivity contribution in [3.63, 3.8) is 0 Å². The van der Waals surface area contributed by atoms with E-state index in [0.717, 1.165) is 12.8 Å². The van der Waals surface area contributed by atoms with Crippen molar-refractivity contribution in [3.05, 3.63) is 64.0 Å². The molecular weight excluding hydrogens is 550 g/mol. The van der Waals surface area contributed by atoms with Crippen LogP contribution in [0.5, 0.6) is 0 Å². The van der Waals surface area contributed by atoms with Gasteiger partial charge in [-0.3, -0.25) is 4.79 Å². The smallest absolute Gasteiger partial charge is 0.347 e. The number of hydrogen-bond donors (Lipinski definition) is 2. The highest BCUT2D eigenvalue weighted by Gasteiger charge is 2.50. The molecule has 1 unspecified atom stereocenters. The molecule has 2 aromatic carbocycles. The lowest BCUT2D eigenvalue weighted by molar-refractivity contribution is -0.134. The summed E-state index contributed by atoms with van der Waals surface area (Å²) in [6.07, 6.45) is 3.28. The van der Waals surface area contributed by atoms with E-state index in [-0.39, 0.29) is 22.4 Å². The number of aromatic amines is 1. The summed E-state index contributed by atoms with van der Waals surface area (Å²) in [7, 11) is -1.54. The van der Waals surface area contributed by atoms with Crippen molar-refractivity contribution in [1.29, 1.82) is 0 Å². The van der Waals surface area contributed by atoms with Crippen molar-refractivity contribution in [2.75, 3.05) is 24.7 Å². The summed E-state index contributed by atoms with van der Waals surface area (Å²) in [5, 5.41) is 4.28. The minimum absolute atomic E-state index is 0.123. The maximum Gasteiger partial charge on any atom is 0.347 e. The van der Waals surface area contributed by atoms with Crippen LogP contribution in [0.25, 0.3) is 10.9 Å². The van der Waals surface area contributed by atoms with E-state index in [4.69, 9.17) is 11.6 Å². The first-order chi connectivity index (χ1) is 19.0. The van der Waals surface area contributed by atoms with Gasteiger partial charge in [0, 0.05) is 29.0 Å². The molecule has 3 aromatic rings. The van der Waals surface area contributed by atoms with Gasteiger partial charge in [0.1, 0.15) is 11.9 Å². The third-order valence-corrected chi connectivity index (χ3v) is 10.8. The van der Waals surface area contributed by atoms with E-state index in [2.05, 4.69) is 41.1 Å². The molecule has 1 aliphatic carbocycles. The van der Waals surface area contributed by atoms with E-state index < -0.39 is 27.1 Å². The number of anilines is 1. The Morgan fingerprint density at radius 1 is 1.12 bits per heavy atom. The van der Waals surface area contributed by atoms with Gasteiger partial charge in [0.25, 0.3) is 0 Å². The Kier molecular flexibility index (Phi) is 7.96. The van der Waals surface area contributed by atoms with E-state index in [1.165, 1.54) is 0 Å². The maximum atomic E-state index is 14.0. The fourth-order valence-corrected chi connectivity index (χ4v) is 8.27. The summed E-state index contributed by atoms with van der Waals surface area (Å²) in [5.41, 5.74) is -0.784. The molecule has 1 atom stereocenters. The standard InChI is InChI=1S/C29H36ClN5O4S/c1-19(2)34(3)21-11-14-29(15-12-21,18-40(38,39)22-7-5-4-6-8-22)35-16-13-25(27(35)36)31-26-23-17-20(30)9-10-24(23)32-28(37)33-26/h4-10,17,19,21,25H,11-16,18H2,1-3H3,(H2,31,32,33,37). The maximum absolute atomic E-state index is 14.0. The number of rotatable bonds is 8. The van der Waals surface area contributed by atoms with Crippen LogP contribution in [0, 0.1) is 0 Å². The number of nitrogens with one attached hydrogen (secondary N) is 2. The van der Waals surface area contributed by atoms with Gasteiger partial charge in [-0.05, 0) is 83.3 Å². The summed E-state index contributed by atoms with van der Waals surface area (Å²) >= 11 is 6.20. The SMILES string of the molecule is CC(C)N(C)C1CCC(CS(=O)(=O)c2ccccc2)(N2CCC(Nc3nc(=O)[nH]c4ccc(Cl)cc34)C2=O)CC1. The van der Waals surface area contributed by atoms with Gasteiger partial charge in [-0.1, -0.05) is 29.8 Å². The number of sulfone groups is 1. The molecule has 11 heteroatoms. The predicted molar refractivity (Wildman–Crippen MR) is 157 cm³/mol. The van der Waals surface area contributed by atoms with E-state index in [1.807, 2.05) is 0 Å². The largest absolute Gasteiger partial charge is 0.358 e. The zero-order valence-corrected chi connectivity index (χ0v) is 24.6. The lowest BCUT2D eigenvalue weighted by Crippen LogP contribution is -2.58. The molecule has 1 aromatic heterocycles. The van der Waals surface area contributed by atoms with Gasteiger partial charge < -0.3 is 20.1 Å². The molecule has 1 aliphatic heterocycles. The lowest BCUT2D eigenvalue weighted by Gasteiger charge is -2.48. The lowest BCUT2D eigenvalue weighted by atomic mass is 9.78. The predicted octanol–water partition coefficient (Wildman–Crippen LogP) is 4.08. The number of aromatic nitrogens is 2. The number of halogens is 1. The fourth-order valence-electron chi connectivity index (χ4n) is 6.21. The summed E-state index contributed by atoms with van der Waals surface area (Å²) in [6, 6.07) is 13.6. The van der Waals surface area contributed by atoms with Crippen LogP contribution in [0.4, 0.5) is 5.82 Å². The highest BCUT2D eigenvalue weighted by molar-refractivity contribution is 7.91. The number of nitrogens with zero attached hydrogens (tertiary/aromatic N) is 3. The molecule has 2 fully saturated rings. The Morgan fingerprint density at radius 3 is 2.50 bits per heavy atom. The summed E-state index contributed by atoms with van der Waals surface area (Å²) in [4.78, 5) is 37.4. The average Bonchev–Trinajstić information content (AvgIpc) is 3.29. The highest BCUT2D eigenvalue weighted by Crippen LogP contribution is 2.41. The van der Waals surface area contributed by atoms with Gasteiger partial charge in [-0.2, -0.15) is 4.98 Å². The van der Waals surface area contributed by atoms with Gasteiger partial charge in [-0.25, -0.2) is 13.2 Å². The van der Waals surface area contributed by atoms with Crippen molar-refractivity contribution >= 4 is 44.1 Å². The first kappa shape index (κ1) is 28.6. The van der Waals surface area contributed by atoms with E-state index >= 15 is 0 Å². The number of carbonyl (C=O) groups is 1. The molecule has 0 bridgehead atoms. The Hall–Kier alpha value is -2.95. The van der Waals surface area contributed by atoms with Crippen LogP contribution in [0.3, 0.4) is 0 Å². The summed E-state index contributed by atoms with van der Waals surface area (Å²) in [6.45, 7) is 4.73. The third-order valence-electron chi connectivity index (χ3n) is 8.62. The Balaban J connectivity index is 1.44.